The third-order valence-corrected chi connectivity index (χ3v) is 7.12. The molecule has 38 heavy (non-hydrogen) atoms. The maximum Gasteiger partial charge on any atom is 0.244 e. The van der Waals surface area contributed by atoms with Crippen molar-refractivity contribution in [3.8, 4) is 0 Å². The molecule has 0 aliphatic heterocycles. The number of benzene rings is 3. The fourth-order valence-corrected chi connectivity index (χ4v) is 5.06. The van der Waals surface area contributed by atoms with Crippen LogP contribution >= 0.6 is 11.6 Å². The highest BCUT2D eigenvalue weighted by atomic mass is 35.5. The van der Waals surface area contributed by atoms with Gasteiger partial charge in [0.15, 0.2) is 0 Å². The summed E-state index contributed by atoms with van der Waals surface area (Å²) >= 11 is 6.12. The summed E-state index contributed by atoms with van der Waals surface area (Å²) in [6.45, 7) is 5.26. The molecule has 0 bridgehead atoms. The molecule has 0 heterocycles. The molecular formula is C29H34ClN3O4S. The van der Waals surface area contributed by atoms with Gasteiger partial charge in [0.05, 0.1) is 11.9 Å². The second-order valence-corrected chi connectivity index (χ2v) is 12.5. The quantitative estimate of drug-likeness (QED) is 0.394. The molecule has 0 radical (unpaired) electrons. The summed E-state index contributed by atoms with van der Waals surface area (Å²) in [5.41, 5.74) is 1.43. The van der Waals surface area contributed by atoms with Gasteiger partial charge in [-0.2, -0.15) is 0 Å². The molecule has 0 aromatic heterocycles. The highest BCUT2D eigenvalue weighted by Crippen LogP contribution is 2.23. The van der Waals surface area contributed by atoms with Crippen molar-refractivity contribution < 1.29 is 18.0 Å². The van der Waals surface area contributed by atoms with Crippen LogP contribution in [0.25, 0.3) is 0 Å². The van der Waals surface area contributed by atoms with Gasteiger partial charge in [0.2, 0.25) is 21.8 Å². The Morgan fingerprint density at radius 3 is 2.00 bits per heavy atom. The fourth-order valence-electron chi connectivity index (χ4n) is 4.03. The van der Waals surface area contributed by atoms with Gasteiger partial charge in [-0.05, 0) is 50.1 Å². The molecule has 0 fully saturated rings. The second-order valence-electron chi connectivity index (χ2n) is 10.2. The van der Waals surface area contributed by atoms with Crippen LogP contribution < -0.4 is 9.62 Å². The molecule has 0 aliphatic carbocycles. The van der Waals surface area contributed by atoms with E-state index < -0.39 is 34.1 Å². The highest BCUT2D eigenvalue weighted by Gasteiger charge is 2.34. The van der Waals surface area contributed by atoms with Crippen LogP contribution in [0.2, 0.25) is 5.02 Å². The van der Waals surface area contributed by atoms with Crippen molar-refractivity contribution >= 4 is 39.1 Å². The van der Waals surface area contributed by atoms with Gasteiger partial charge >= 0.3 is 0 Å². The van der Waals surface area contributed by atoms with Crippen molar-refractivity contribution in [2.75, 3.05) is 17.1 Å². The van der Waals surface area contributed by atoms with E-state index in [2.05, 4.69) is 5.32 Å². The van der Waals surface area contributed by atoms with Crippen LogP contribution in [0.5, 0.6) is 0 Å². The average Bonchev–Trinajstić information content (AvgIpc) is 2.84. The lowest BCUT2D eigenvalue weighted by Crippen LogP contribution is -2.56. The second kappa shape index (κ2) is 12.5. The SMILES string of the molecule is CC(C)(C)NC(=O)[C@@H](Cc1ccccc1)N(Cc1ccccc1)C(=O)CN(c1cccc(Cl)c1)S(C)(=O)=O. The van der Waals surface area contributed by atoms with Gasteiger partial charge in [0.25, 0.3) is 0 Å². The minimum absolute atomic E-state index is 0.127. The van der Waals surface area contributed by atoms with Crippen LogP contribution in [-0.4, -0.2) is 49.5 Å². The van der Waals surface area contributed by atoms with E-state index >= 15 is 0 Å². The van der Waals surface area contributed by atoms with Crippen molar-refractivity contribution in [1.82, 2.24) is 10.2 Å². The Morgan fingerprint density at radius 1 is 0.895 bits per heavy atom. The number of rotatable bonds is 10. The molecule has 1 N–H and O–H groups in total. The molecule has 0 saturated carbocycles. The number of amides is 2. The first-order valence-corrected chi connectivity index (χ1v) is 14.5. The number of nitrogens with one attached hydrogen (secondary N) is 1. The maximum atomic E-state index is 14.0. The minimum Gasteiger partial charge on any atom is -0.350 e. The van der Waals surface area contributed by atoms with Gasteiger partial charge in [0, 0.05) is 23.5 Å². The van der Waals surface area contributed by atoms with E-state index in [4.69, 9.17) is 11.6 Å². The Bertz CT molecular complexity index is 1340. The van der Waals surface area contributed by atoms with Crippen molar-refractivity contribution in [3.05, 3.63) is 101 Å². The number of hydrogen-bond donors (Lipinski definition) is 1. The van der Waals surface area contributed by atoms with Crippen molar-refractivity contribution in [3.63, 3.8) is 0 Å². The molecule has 0 aliphatic rings. The summed E-state index contributed by atoms with van der Waals surface area (Å²) < 4.78 is 26.6. The predicted octanol–water partition coefficient (Wildman–Crippen LogP) is 4.66. The minimum atomic E-state index is -3.84. The van der Waals surface area contributed by atoms with Gasteiger partial charge in [-0.15, -0.1) is 0 Å². The molecule has 0 saturated heterocycles. The number of anilines is 1. The molecule has 3 rings (SSSR count). The van der Waals surface area contributed by atoms with E-state index in [-0.39, 0.29) is 24.6 Å². The topological polar surface area (TPSA) is 86.8 Å². The molecule has 0 spiro atoms. The van der Waals surface area contributed by atoms with Gasteiger partial charge in [-0.1, -0.05) is 78.3 Å². The highest BCUT2D eigenvalue weighted by molar-refractivity contribution is 7.92. The third kappa shape index (κ3) is 8.60. The summed E-state index contributed by atoms with van der Waals surface area (Å²) in [6.07, 6.45) is 1.30. The molecule has 3 aromatic rings. The van der Waals surface area contributed by atoms with E-state index in [1.54, 1.807) is 18.2 Å². The zero-order valence-electron chi connectivity index (χ0n) is 22.1. The van der Waals surface area contributed by atoms with Crippen LogP contribution in [0.4, 0.5) is 5.69 Å². The lowest BCUT2D eigenvalue weighted by atomic mass is 10.0. The summed E-state index contributed by atoms with van der Waals surface area (Å²) in [7, 11) is -3.84. The molecule has 1 atom stereocenters. The van der Waals surface area contributed by atoms with E-state index in [0.29, 0.717) is 5.02 Å². The number of carbonyl (C=O) groups excluding carboxylic acids is 2. The normalized spacial score (nSPS) is 12.4. The molecule has 202 valence electrons. The molecule has 9 heteroatoms. The number of nitrogens with zero attached hydrogens (tertiary/aromatic N) is 2. The van der Waals surface area contributed by atoms with Crippen LogP contribution in [-0.2, 0) is 32.6 Å². The first kappa shape index (κ1) is 29.2. The van der Waals surface area contributed by atoms with Gasteiger partial charge in [-0.25, -0.2) is 8.42 Å². The van der Waals surface area contributed by atoms with Crippen LogP contribution in [0.15, 0.2) is 84.9 Å². The van der Waals surface area contributed by atoms with Crippen LogP contribution in [0, 0.1) is 0 Å². The Hall–Kier alpha value is -3.36. The Kier molecular flexibility index (Phi) is 9.57. The Labute approximate surface area is 230 Å². The van der Waals surface area contributed by atoms with Crippen molar-refractivity contribution in [1.29, 1.82) is 0 Å². The summed E-state index contributed by atoms with van der Waals surface area (Å²) in [5, 5.41) is 3.34. The maximum absolute atomic E-state index is 14.0. The standard InChI is InChI=1S/C29H34ClN3O4S/c1-29(2,3)31-28(35)26(18-22-12-7-5-8-13-22)32(20-23-14-9-6-10-15-23)27(34)21-33(38(4,36)37)25-17-11-16-24(30)19-25/h5-17,19,26H,18,20-21H2,1-4H3,(H,31,35)/t26-/m1/s1. The smallest absolute Gasteiger partial charge is 0.244 e. The number of sulfonamides is 1. The number of hydrogen-bond acceptors (Lipinski definition) is 4. The molecule has 0 unspecified atom stereocenters. The van der Waals surface area contributed by atoms with Crippen molar-refractivity contribution in [2.45, 2.75) is 45.3 Å². The average molecular weight is 556 g/mol. The lowest BCUT2D eigenvalue weighted by Gasteiger charge is -2.35. The van der Waals surface area contributed by atoms with Gasteiger partial charge < -0.3 is 10.2 Å². The van der Waals surface area contributed by atoms with E-state index in [1.807, 2.05) is 81.4 Å². The molecule has 7 nitrogen and oxygen atoms in total. The number of halogens is 1. The first-order valence-electron chi connectivity index (χ1n) is 12.3. The van der Waals surface area contributed by atoms with Gasteiger partial charge in [-0.3, -0.25) is 13.9 Å². The van der Waals surface area contributed by atoms with Crippen LogP contribution in [0.3, 0.4) is 0 Å². The van der Waals surface area contributed by atoms with Gasteiger partial charge in [0.1, 0.15) is 12.6 Å². The van der Waals surface area contributed by atoms with E-state index in [9.17, 15) is 18.0 Å². The molecular weight excluding hydrogens is 522 g/mol. The molecule has 2 amide bonds. The monoisotopic (exact) mass is 555 g/mol. The zero-order valence-corrected chi connectivity index (χ0v) is 23.7. The zero-order chi connectivity index (χ0) is 27.9. The largest absolute Gasteiger partial charge is 0.350 e. The predicted molar refractivity (Wildman–Crippen MR) is 152 cm³/mol. The Balaban J connectivity index is 2.05. The first-order chi connectivity index (χ1) is 17.8. The number of carbonyl (C=O) groups is 2. The molecule has 3 aromatic carbocycles. The van der Waals surface area contributed by atoms with E-state index in [1.165, 1.54) is 11.0 Å². The summed E-state index contributed by atoms with van der Waals surface area (Å²) in [6, 6.07) is 24.2. The van der Waals surface area contributed by atoms with Crippen LogP contribution in [0.1, 0.15) is 31.9 Å². The third-order valence-electron chi connectivity index (χ3n) is 5.74. The summed E-state index contributed by atoms with van der Waals surface area (Å²) in [5.74, 6) is -0.830. The lowest BCUT2D eigenvalue weighted by molar-refractivity contribution is -0.140. The Morgan fingerprint density at radius 2 is 1.47 bits per heavy atom. The fraction of sp³-hybridized carbons (Fsp3) is 0.310. The van der Waals surface area contributed by atoms with Crippen molar-refractivity contribution in [2.24, 2.45) is 0 Å². The van der Waals surface area contributed by atoms with E-state index in [0.717, 1.165) is 21.7 Å². The summed E-state index contributed by atoms with van der Waals surface area (Å²) in [4.78, 5) is 29.1.